The van der Waals surface area contributed by atoms with E-state index >= 15 is 0 Å². The van der Waals surface area contributed by atoms with Gasteiger partial charge in [0.2, 0.25) is 15.7 Å². The minimum absolute atomic E-state index is 0.108. The number of ether oxygens (including phenoxy) is 1. The van der Waals surface area contributed by atoms with Gasteiger partial charge in [-0.3, -0.25) is 9.78 Å². The Kier molecular flexibility index (Phi) is 7.04. The largest absolute Gasteiger partial charge is 0.493 e. The fourth-order valence-electron chi connectivity index (χ4n) is 3.13. The van der Waals surface area contributed by atoms with Gasteiger partial charge >= 0.3 is 0 Å². The van der Waals surface area contributed by atoms with Crippen LogP contribution in [0.25, 0.3) is 0 Å². The van der Waals surface area contributed by atoms with Gasteiger partial charge in [-0.2, -0.15) is 0 Å². The number of amides is 1. The van der Waals surface area contributed by atoms with Gasteiger partial charge in [-0.15, -0.1) is 0 Å². The summed E-state index contributed by atoms with van der Waals surface area (Å²) < 4.78 is 45.7. The molecule has 0 spiro atoms. The Balaban J connectivity index is 1.95. The molecule has 7 nitrogen and oxygen atoms in total. The van der Waals surface area contributed by atoms with Crippen LogP contribution in [0.2, 0.25) is 0 Å². The van der Waals surface area contributed by atoms with Crippen LogP contribution in [-0.4, -0.2) is 38.5 Å². The van der Waals surface area contributed by atoms with Crippen molar-refractivity contribution in [2.75, 3.05) is 13.2 Å². The number of nitrogens with zero attached hydrogens (tertiary/aromatic N) is 1. The monoisotopic (exact) mass is 435 g/mol. The summed E-state index contributed by atoms with van der Waals surface area (Å²) in [6.07, 6.45) is 2.91. The highest BCUT2D eigenvalue weighted by Gasteiger charge is 2.34. The lowest BCUT2D eigenvalue weighted by Gasteiger charge is -2.21. The van der Waals surface area contributed by atoms with E-state index in [4.69, 9.17) is 4.74 Å². The summed E-state index contributed by atoms with van der Waals surface area (Å²) in [6.45, 7) is 5.15. The second-order valence-electron chi connectivity index (χ2n) is 7.66. The first-order chi connectivity index (χ1) is 14.3. The van der Waals surface area contributed by atoms with Gasteiger partial charge in [0.15, 0.2) is 5.37 Å². The van der Waals surface area contributed by atoms with E-state index in [2.05, 4.69) is 15.6 Å². The fourth-order valence-corrected chi connectivity index (χ4v) is 4.64. The van der Waals surface area contributed by atoms with Gasteiger partial charge in [0.25, 0.3) is 0 Å². The number of sulfone groups is 1. The molecule has 1 saturated heterocycles. The Hall–Kier alpha value is -2.52. The van der Waals surface area contributed by atoms with Gasteiger partial charge in [-0.1, -0.05) is 13.8 Å². The highest BCUT2D eigenvalue weighted by Crippen LogP contribution is 2.28. The van der Waals surface area contributed by atoms with E-state index in [1.54, 1.807) is 6.07 Å². The average molecular weight is 436 g/mol. The van der Waals surface area contributed by atoms with Gasteiger partial charge in [0, 0.05) is 12.3 Å². The van der Waals surface area contributed by atoms with Crippen LogP contribution in [0.3, 0.4) is 0 Å². The lowest BCUT2D eigenvalue weighted by molar-refractivity contribution is -0.123. The SMILES string of the molecule is CC(C)COc1ccnc([C@@H](NC(=O)C2CCCN2)S(=O)(=O)c2ccc(F)cc2)c1. The lowest BCUT2D eigenvalue weighted by atomic mass is 10.2. The van der Waals surface area contributed by atoms with Crippen LogP contribution in [0.15, 0.2) is 47.5 Å². The number of nitrogens with one attached hydrogen (secondary N) is 2. The third-order valence-corrected chi connectivity index (χ3v) is 6.62. The molecule has 0 radical (unpaired) electrons. The number of hydrogen-bond donors (Lipinski definition) is 2. The smallest absolute Gasteiger partial charge is 0.238 e. The molecule has 1 amide bonds. The zero-order chi connectivity index (χ0) is 21.7. The summed E-state index contributed by atoms with van der Waals surface area (Å²) in [5, 5.41) is 4.24. The first-order valence-corrected chi connectivity index (χ1v) is 11.4. The van der Waals surface area contributed by atoms with Gasteiger partial charge in [-0.25, -0.2) is 12.8 Å². The van der Waals surface area contributed by atoms with Gasteiger partial charge < -0.3 is 15.4 Å². The molecular formula is C21H26FN3O4S. The molecule has 1 aromatic heterocycles. The maximum atomic E-state index is 13.3. The summed E-state index contributed by atoms with van der Waals surface area (Å²) in [7, 11) is -4.09. The molecule has 3 rings (SSSR count). The van der Waals surface area contributed by atoms with E-state index in [1.807, 2.05) is 13.8 Å². The third kappa shape index (κ3) is 5.34. The first-order valence-electron chi connectivity index (χ1n) is 9.89. The second-order valence-corrected chi connectivity index (χ2v) is 9.69. The van der Waals surface area contributed by atoms with E-state index in [0.717, 1.165) is 18.6 Å². The second kappa shape index (κ2) is 9.53. The van der Waals surface area contributed by atoms with Crippen molar-refractivity contribution in [3.63, 3.8) is 0 Å². The third-order valence-electron chi connectivity index (χ3n) is 4.71. The first kappa shape index (κ1) is 22.2. The van der Waals surface area contributed by atoms with Crippen molar-refractivity contribution in [3.8, 4) is 5.75 Å². The molecule has 1 unspecified atom stereocenters. The van der Waals surface area contributed by atoms with Crippen molar-refractivity contribution in [2.45, 2.75) is 43.0 Å². The topological polar surface area (TPSA) is 97.4 Å². The van der Waals surface area contributed by atoms with Crippen LogP contribution < -0.4 is 15.4 Å². The number of aromatic nitrogens is 1. The van der Waals surface area contributed by atoms with Gasteiger partial charge in [0.05, 0.1) is 23.2 Å². The van der Waals surface area contributed by atoms with E-state index in [9.17, 15) is 17.6 Å². The molecule has 1 aliphatic rings. The summed E-state index contributed by atoms with van der Waals surface area (Å²) >= 11 is 0. The molecule has 2 aromatic rings. The highest BCUT2D eigenvalue weighted by atomic mass is 32.2. The molecule has 2 atom stereocenters. The van der Waals surface area contributed by atoms with E-state index in [-0.39, 0.29) is 16.5 Å². The van der Waals surface area contributed by atoms with Crippen molar-refractivity contribution in [2.24, 2.45) is 5.92 Å². The summed E-state index contributed by atoms with van der Waals surface area (Å²) in [5.41, 5.74) is 0.131. The normalized spacial score (nSPS) is 17.7. The molecule has 0 aliphatic carbocycles. The summed E-state index contributed by atoms with van der Waals surface area (Å²) in [5.74, 6) is -0.222. The number of halogens is 1. The van der Waals surface area contributed by atoms with E-state index < -0.39 is 33.0 Å². The number of carbonyl (C=O) groups excluding carboxylic acids is 1. The van der Waals surface area contributed by atoms with Gasteiger partial charge in [0.1, 0.15) is 11.6 Å². The highest BCUT2D eigenvalue weighted by molar-refractivity contribution is 7.91. The zero-order valence-electron chi connectivity index (χ0n) is 17.0. The number of pyridine rings is 1. The van der Waals surface area contributed by atoms with Crippen LogP contribution in [-0.2, 0) is 14.6 Å². The Labute approximate surface area is 176 Å². The molecule has 9 heteroatoms. The molecular weight excluding hydrogens is 409 g/mol. The quantitative estimate of drug-likeness (QED) is 0.619. The number of rotatable bonds is 8. The van der Waals surface area contributed by atoms with Crippen LogP contribution >= 0.6 is 0 Å². The zero-order valence-corrected chi connectivity index (χ0v) is 17.8. The van der Waals surface area contributed by atoms with Crippen molar-refractivity contribution in [1.29, 1.82) is 0 Å². The van der Waals surface area contributed by atoms with Gasteiger partial charge in [-0.05, 0) is 55.6 Å². The predicted octanol–water partition coefficient (Wildman–Crippen LogP) is 2.60. The lowest BCUT2D eigenvalue weighted by Crippen LogP contribution is -2.44. The molecule has 0 bridgehead atoms. The molecule has 162 valence electrons. The van der Waals surface area contributed by atoms with Crippen LogP contribution in [0.5, 0.6) is 5.75 Å². The Morgan fingerprint density at radius 1 is 1.30 bits per heavy atom. The molecule has 1 aliphatic heterocycles. The van der Waals surface area contributed by atoms with Crippen molar-refractivity contribution in [3.05, 3.63) is 54.1 Å². The van der Waals surface area contributed by atoms with E-state index in [0.29, 0.717) is 25.3 Å². The van der Waals surface area contributed by atoms with Crippen molar-refractivity contribution < 1.29 is 22.3 Å². The maximum absolute atomic E-state index is 13.3. The van der Waals surface area contributed by atoms with Crippen molar-refractivity contribution >= 4 is 15.7 Å². The van der Waals surface area contributed by atoms with Crippen molar-refractivity contribution in [1.82, 2.24) is 15.6 Å². The minimum Gasteiger partial charge on any atom is -0.493 e. The minimum atomic E-state index is -4.09. The van der Waals surface area contributed by atoms with Crippen LogP contribution in [0, 0.1) is 11.7 Å². The van der Waals surface area contributed by atoms with Crippen LogP contribution in [0.4, 0.5) is 4.39 Å². The Bertz CT molecular complexity index is 974. The number of hydrogen-bond acceptors (Lipinski definition) is 6. The molecule has 2 N–H and O–H groups in total. The Morgan fingerprint density at radius 2 is 2.03 bits per heavy atom. The molecule has 2 heterocycles. The fraction of sp³-hybridized carbons (Fsp3) is 0.429. The average Bonchev–Trinajstić information content (AvgIpc) is 3.26. The summed E-state index contributed by atoms with van der Waals surface area (Å²) in [4.78, 5) is 16.8. The molecule has 30 heavy (non-hydrogen) atoms. The Morgan fingerprint density at radius 3 is 2.67 bits per heavy atom. The predicted molar refractivity (Wildman–Crippen MR) is 110 cm³/mol. The molecule has 0 saturated carbocycles. The summed E-state index contributed by atoms with van der Waals surface area (Å²) in [6, 6.07) is 7.17. The molecule has 1 aromatic carbocycles. The maximum Gasteiger partial charge on any atom is 0.238 e. The van der Waals surface area contributed by atoms with Crippen LogP contribution in [0.1, 0.15) is 37.8 Å². The molecule has 1 fully saturated rings. The number of carbonyl (C=O) groups is 1. The number of benzene rings is 1. The standard InChI is InChI=1S/C21H26FN3O4S/c1-14(2)13-29-16-9-11-24-19(12-16)21(25-20(26)18-4-3-10-23-18)30(27,28)17-7-5-15(22)6-8-17/h5-9,11-12,14,18,21,23H,3-4,10,13H2,1-2H3,(H,25,26)/t18?,21-/m0/s1. The van der Waals surface area contributed by atoms with E-state index in [1.165, 1.54) is 24.4 Å².